The van der Waals surface area contributed by atoms with Crippen molar-refractivity contribution in [3.63, 3.8) is 0 Å². The molecule has 0 aliphatic heterocycles. The lowest BCUT2D eigenvalue weighted by Crippen LogP contribution is -2.39. The first-order valence-electron chi connectivity index (χ1n) is 5.74. The first-order valence-corrected chi connectivity index (χ1v) is 5.74. The number of benzene rings is 1. The summed E-state index contributed by atoms with van der Waals surface area (Å²) in [5, 5.41) is 5.66. The van der Waals surface area contributed by atoms with Crippen LogP contribution in [0.25, 0.3) is 0 Å². The Hall–Kier alpha value is -1.51. The smallest absolute Gasteiger partial charge is 0.315 e. The Morgan fingerprint density at radius 1 is 1.25 bits per heavy atom. The van der Waals surface area contributed by atoms with E-state index >= 15 is 0 Å². The number of rotatable bonds is 4. The maximum Gasteiger partial charge on any atom is 0.315 e. The first-order chi connectivity index (χ1) is 7.63. The van der Waals surface area contributed by atoms with Gasteiger partial charge in [-0.05, 0) is 31.4 Å². The van der Waals surface area contributed by atoms with Crippen molar-refractivity contribution in [2.45, 2.75) is 39.8 Å². The molecule has 0 saturated heterocycles. The molecule has 16 heavy (non-hydrogen) atoms. The van der Waals surface area contributed by atoms with Crippen LogP contribution in [0.15, 0.2) is 24.3 Å². The molecule has 2 N–H and O–H groups in total. The maximum atomic E-state index is 11.4. The summed E-state index contributed by atoms with van der Waals surface area (Å²) in [5.41, 5.74) is 2.47. The lowest BCUT2D eigenvalue weighted by Gasteiger charge is -2.12. The fraction of sp³-hybridized carbons (Fsp3) is 0.462. The second kappa shape index (κ2) is 6.16. The molecule has 0 heterocycles. The molecule has 1 aromatic rings. The SMILES string of the molecule is CCc1ccccc1CNC(=O)NC(C)C. The predicted octanol–water partition coefficient (Wildman–Crippen LogP) is 2.46. The monoisotopic (exact) mass is 220 g/mol. The number of urea groups is 1. The van der Waals surface area contributed by atoms with Gasteiger partial charge in [0.25, 0.3) is 0 Å². The van der Waals surface area contributed by atoms with Crippen molar-refractivity contribution in [2.24, 2.45) is 0 Å². The van der Waals surface area contributed by atoms with Crippen LogP contribution >= 0.6 is 0 Å². The van der Waals surface area contributed by atoms with Gasteiger partial charge in [-0.2, -0.15) is 0 Å². The summed E-state index contributed by atoms with van der Waals surface area (Å²) in [6, 6.07) is 8.22. The zero-order valence-electron chi connectivity index (χ0n) is 10.2. The molecule has 1 aromatic carbocycles. The highest BCUT2D eigenvalue weighted by atomic mass is 16.2. The molecule has 1 rings (SSSR count). The molecule has 3 heteroatoms. The number of amides is 2. The van der Waals surface area contributed by atoms with Crippen molar-refractivity contribution in [3.05, 3.63) is 35.4 Å². The van der Waals surface area contributed by atoms with E-state index in [0.29, 0.717) is 6.54 Å². The van der Waals surface area contributed by atoms with Crippen LogP contribution in [0.2, 0.25) is 0 Å². The summed E-state index contributed by atoms with van der Waals surface area (Å²) in [5.74, 6) is 0. The van der Waals surface area contributed by atoms with Crippen molar-refractivity contribution in [1.29, 1.82) is 0 Å². The predicted molar refractivity (Wildman–Crippen MR) is 66.3 cm³/mol. The Morgan fingerprint density at radius 2 is 1.88 bits per heavy atom. The van der Waals surface area contributed by atoms with Gasteiger partial charge in [0.15, 0.2) is 0 Å². The van der Waals surface area contributed by atoms with Gasteiger partial charge in [0.2, 0.25) is 0 Å². The third-order valence-corrected chi connectivity index (χ3v) is 2.36. The highest BCUT2D eigenvalue weighted by molar-refractivity contribution is 5.74. The highest BCUT2D eigenvalue weighted by Crippen LogP contribution is 2.08. The Morgan fingerprint density at radius 3 is 2.44 bits per heavy atom. The molecule has 88 valence electrons. The van der Waals surface area contributed by atoms with Crippen molar-refractivity contribution in [2.75, 3.05) is 0 Å². The molecule has 0 atom stereocenters. The summed E-state index contributed by atoms with van der Waals surface area (Å²) in [6.07, 6.45) is 0.990. The van der Waals surface area contributed by atoms with Crippen LogP contribution in [-0.2, 0) is 13.0 Å². The topological polar surface area (TPSA) is 41.1 Å². The first kappa shape index (κ1) is 12.6. The van der Waals surface area contributed by atoms with Crippen molar-refractivity contribution < 1.29 is 4.79 Å². The molecular weight excluding hydrogens is 200 g/mol. The van der Waals surface area contributed by atoms with Gasteiger partial charge in [0, 0.05) is 12.6 Å². The molecule has 0 bridgehead atoms. The molecular formula is C13H20N2O. The molecule has 0 unspecified atom stereocenters. The molecule has 0 fully saturated rings. The van der Waals surface area contributed by atoms with Crippen LogP contribution in [0, 0.1) is 0 Å². The fourth-order valence-electron chi connectivity index (χ4n) is 1.56. The van der Waals surface area contributed by atoms with Crippen molar-refractivity contribution in [1.82, 2.24) is 10.6 Å². The number of hydrogen-bond acceptors (Lipinski definition) is 1. The Bertz CT molecular complexity index is 348. The minimum atomic E-state index is -0.110. The molecule has 0 aromatic heterocycles. The largest absolute Gasteiger partial charge is 0.336 e. The second-order valence-corrected chi connectivity index (χ2v) is 4.10. The van der Waals surface area contributed by atoms with Gasteiger partial charge in [-0.25, -0.2) is 4.79 Å². The molecule has 0 aliphatic carbocycles. The van der Waals surface area contributed by atoms with Gasteiger partial charge in [0.05, 0.1) is 0 Å². The van der Waals surface area contributed by atoms with Gasteiger partial charge in [-0.1, -0.05) is 31.2 Å². The van der Waals surface area contributed by atoms with Gasteiger partial charge in [0.1, 0.15) is 0 Å². The fourth-order valence-corrected chi connectivity index (χ4v) is 1.56. The average molecular weight is 220 g/mol. The van der Waals surface area contributed by atoms with Crippen LogP contribution in [0.4, 0.5) is 4.79 Å². The molecule has 3 nitrogen and oxygen atoms in total. The molecule has 0 aliphatic rings. The average Bonchev–Trinajstić information content (AvgIpc) is 2.26. The summed E-state index contributed by atoms with van der Waals surface area (Å²) in [4.78, 5) is 11.4. The standard InChI is InChI=1S/C13H20N2O/c1-4-11-7-5-6-8-12(11)9-14-13(16)15-10(2)3/h5-8,10H,4,9H2,1-3H3,(H2,14,15,16). The third-order valence-electron chi connectivity index (χ3n) is 2.36. The highest BCUT2D eigenvalue weighted by Gasteiger charge is 2.03. The van der Waals surface area contributed by atoms with Gasteiger partial charge in [-0.15, -0.1) is 0 Å². The minimum absolute atomic E-state index is 0.110. The number of carbonyl (C=O) groups is 1. The molecule has 0 radical (unpaired) electrons. The van der Waals surface area contributed by atoms with E-state index in [2.05, 4.69) is 29.7 Å². The molecule has 0 saturated carbocycles. The summed E-state index contributed by atoms with van der Waals surface area (Å²) in [6.45, 7) is 6.59. The van der Waals surface area contributed by atoms with E-state index in [0.717, 1.165) is 6.42 Å². The number of aryl methyl sites for hydroxylation is 1. The molecule has 2 amide bonds. The van der Waals surface area contributed by atoms with E-state index in [-0.39, 0.29) is 12.1 Å². The molecule has 0 spiro atoms. The summed E-state index contributed by atoms with van der Waals surface area (Å²) >= 11 is 0. The zero-order chi connectivity index (χ0) is 12.0. The number of hydrogen-bond donors (Lipinski definition) is 2. The minimum Gasteiger partial charge on any atom is -0.336 e. The normalized spacial score (nSPS) is 10.2. The Kier molecular flexibility index (Phi) is 4.83. The summed E-state index contributed by atoms with van der Waals surface area (Å²) < 4.78 is 0. The zero-order valence-corrected chi connectivity index (χ0v) is 10.2. The summed E-state index contributed by atoms with van der Waals surface area (Å²) in [7, 11) is 0. The van der Waals surface area contributed by atoms with Crippen molar-refractivity contribution in [3.8, 4) is 0 Å². The van der Waals surface area contributed by atoms with Gasteiger partial charge >= 0.3 is 6.03 Å². The third kappa shape index (κ3) is 3.93. The lowest BCUT2D eigenvalue weighted by atomic mass is 10.1. The Balaban J connectivity index is 2.51. The van der Waals surface area contributed by atoms with E-state index in [1.807, 2.05) is 26.0 Å². The van der Waals surface area contributed by atoms with E-state index in [1.165, 1.54) is 11.1 Å². The van der Waals surface area contributed by atoms with Gasteiger partial charge < -0.3 is 10.6 Å². The van der Waals surface area contributed by atoms with Crippen LogP contribution in [0.1, 0.15) is 31.9 Å². The number of carbonyl (C=O) groups excluding carboxylic acids is 1. The quantitative estimate of drug-likeness (QED) is 0.804. The van der Waals surface area contributed by atoms with Crippen LogP contribution in [0.5, 0.6) is 0 Å². The van der Waals surface area contributed by atoms with Gasteiger partial charge in [-0.3, -0.25) is 0 Å². The van der Waals surface area contributed by atoms with E-state index in [9.17, 15) is 4.79 Å². The van der Waals surface area contributed by atoms with Crippen LogP contribution in [0.3, 0.4) is 0 Å². The lowest BCUT2D eigenvalue weighted by molar-refractivity contribution is 0.238. The van der Waals surface area contributed by atoms with Crippen LogP contribution in [-0.4, -0.2) is 12.1 Å². The van der Waals surface area contributed by atoms with Crippen LogP contribution < -0.4 is 10.6 Å². The van der Waals surface area contributed by atoms with Crippen molar-refractivity contribution >= 4 is 6.03 Å². The van der Waals surface area contributed by atoms with E-state index in [1.54, 1.807) is 0 Å². The van der Waals surface area contributed by atoms with E-state index in [4.69, 9.17) is 0 Å². The van der Waals surface area contributed by atoms with E-state index < -0.39 is 0 Å². The number of nitrogens with one attached hydrogen (secondary N) is 2. The maximum absolute atomic E-state index is 11.4. The second-order valence-electron chi connectivity index (χ2n) is 4.10. The Labute approximate surface area is 97.2 Å².